The molecule has 190 valence electrons. The average molecular weight is 449 g/mol. The normalized spacial score (nSPS) is 13.8. The van der Waals surface area contributed by atoms with Gasteiger partial charge < -0.3 is 10.6 Å². The van der Waals surface area contributed by atoms with Crippen LogP contribution in [0.25, 0.3) is 0 Å². The van der Waals surface area contributed by atoms with Crippen molar-refractivity contribution in [2.45, 2.75) is 156 Å². The maximum atomic E-state index is 3.57. The minimum atomic E-state index is 0.594. The summed E-state index contributed by atoms with van der Waals surface area (Å²) in [6.45, 7) is 10.4. The second-order valence-electron chi connectivity index (χ2n) is 10.1. The Labute approximate surface area is 203 Å². The van der Waals surface area contributed by atoms with Crippen LogP contribution >= 0.6 is 0 Å². The zero-order valence-corrected chi connectivity index (χ0v) is 22.6. The fourth-order valence-electron chi connectivity index (χ4n) is 4.13. The van der Waals surface area contributed by atoms with Crippen LogP contribution < -0.4 is 10.6 Å². The summed E-state index contributed by atoms with van der Waals surface area (Å²) in [5, 5.41) is 7.04. The molecule has 0 fully saturated rings. The Morgan fingerprint density at radius 3 is 1.75 bits per heavy atom. The van der Waals surface area contributed by atoms with E-state index in [0.717, 1.165) is 12.5 Å². The largest absolute Gasteiger partial charge is 0.391 e. The number of nitrogens with one attached hydrogen (secondary N) is 2. The minimum absolute atomic E-state index is 0.594. The lowest BCUT2D eigenvalue weighted by atomic mass is 9.97. The van der Waals surface area contributed by atoms with Gasteiger partial charge in [0.15, 0.2) is 0 Å². The molecule has 0 radical (unpaired) electrons. The third-order valence-electron chi connectivity index (χ3n) is 6.54. The number of unbranched alkanes of at least 4 members (excludes halogenated alkanes) is 13. The second-order valence-corrected chi connectivity index (χ2v) is 10.1. The molecule has 0 aliphatic rings. The first kappa shape index (κ1) is 31.1. The Bertz CT molecular complexity index is 402. The smallest absolute Gasteiger partial charge is 0.0227 e. The van der Waals surface area contributed by atoms with Gasteiger partial charge in [0.25, 0.3) is 0 Å². The van der Waals surface area contributed by atoms with Crippen LogP contribution in [-0.4, -0.2) is 12.6 Å². The summed E-state index contributed by atoms with van der Waals surface area (Å²) in [7, 11) is 0. The molecule has 0 saturated carbocycles. The van der Waals surface area contributed by atoms with E-state index in [1.807, 2.05) is 0 Å². The maximum Gasteiger partial charge on any atom is 0.0227 e. The molecule has 0 aromatic rings. The van der Waals surface area contributed by atoms with Crippen molar-refractivity contribution in [3.8, 4) is 0 Å². The Kier molecular flexibility index (Phi) is 25.6. The highest BCUT2D eigenvalue weighted by Gasteiger charge is 2.05. The van der Waals surface area contributed by atoms with Gasteiger partial charge in [0.2, 0.25) is 0 Å². The van der Waals surface area contributed by atoms with E-state index in [-0.39, 0.29) is 0 Å². The predicted octanol–water partition coefficient (Wildman–Crippen LogP) is 9.67. The lowest BCUT2D eigenvalue weighted by Gasteiger charge is -2.16. The lowest BCUT2D eigenvalue weighted by molar-refractivity contribution is 0.421. The Morgan fingerprint density at radius 2 is 1.12 bits per heavy atom. The quantitative estimate of drug-likeness (QED) is 0.136. The fourth-order valence-corrected chi connectivity index (χ4v) is 4.13. The molecule has 2 N–H and O–H groups in total. The van der Waals surface area contributed by atoms with Crippen LogP contribution in [0.15, 0.2) is 24.6 Å². The van der Waals surface area contributed by atoms with Gasteiger partial charge in [0.1, 0.15) is 0 Å². The molecule has 0 amide bonds. The summed E-state index contributed by atoms with van der Waals surface area (Å²) in [6.07, 6.45) is 34.7. The van der Waals surface area contributed by atoms with E-state index in [9.17, 15) is 0 Å². The molecule has 0 aromatic heterocycles. The highest BCUT2D eigenvalue weighted by atomic mass is 14.9. The van der Waals surface area contributed by atoms with E-state index >= 15 is 0 Å². The summed E-state index contributed by atoms with van der Waals surface area (Å²) >= 11 is 0. The summed E-state index contributed by atoms with van der Waals surface area (Å²) in [5.74, 6) is 0.842. The van der Waals surface area contributed by atoms with Crippen molar-refractivity contribution in [3.63, 3.8) is 0 Å². The Hall–Kier alpha value is -0.920. The van der Waals surface area contributed by atoms with Gasteiger partial charge in [-0.25, -0.2) is 0 Å². The molecular formula is C30H60N2. The fraction of sp³-hybridized carbons (Fsp3) is 0.867. The van der Waals surface area contributed by atoms with Crippen LogP contribution in [0.1, 0.15) is 150 Å². The molecule has 0 aromatic carbocycles. The van der Waals surface area contributed by atoms with Gasteiger partial charge in [-0.1, -0.05) is 110 Å². The standard InChI is InChI=1S/C30H60N2/c1-5-7-9-11-13-15-17-20-26-31-27-22-19-23-29(3)24-25-30(4)32-28-21-18-16-14-12-10-8-6-2/h20-21,26,28-32H,5-19,22-25,27H2,1-4H3. The molecular weight excluding hydrogens is 388 g/mol. The monoisotopic (exact) mass is 448 g/mol. The van der Waals surface area contributed by atoms with Crippen LogP contribution in [0.4, 0.5) is 0 Å². The summed E-state index contributed by atoms with van der Waals surface area (Å²) < 4.78 is 0. The highest BCUT2D eigenvalue weighted by Crippen LogP contribution is 2.15. The van der Waals surface area contributed by atoms with E-state index in [1.165, 1.54) is 122 Å². The van der Waals surface area contributed by atoms with E-state index in [4.69, 9.17) is 0 Å². The van der Waals surface area contributed by atoms with Crippen LogP contribution in [-0.2, 0) is 0 Å². The number of rotatable bonds is 25. The molecule has 0 heterocycles. The van der Waals surface area contributed by atoms with Crippen molar-refractivity contribution in [3.05, 3.63) is 24.6 Å². The van der Waals surface area contributed by atoms with Crippen LogP contribution in [0.5, 0.6) is 0 Å². The van der Waals surface area contributed by atoms with Gasteiger partial charge in [0, 0.05) is 12.6 Å². The molecule has 2 atom stereocenters. The van der Waals surface area contributed by atoms with Gasteiger partial charge in [0.05, 0.1) is 0 Å². The predicted molar refractivity (Wildman–Crippen MR) is 147 cm³/mol. The summed E-state index contributed by atoms with van der Waals surface area (Å²) in [4.78, 5) is 0. The third-order valence-corrected chi connectivity index (χ3v) is 6.54. The second kappa shape index (κ2) is 26.3. The van der Waals surface area contributed by atoms with Crippen molar-refractivity contribution < 1.29 is 0 Å². The van der Waals surface area contributed by atoms with Crippen LogP contribution in [0.2, 0.25) is 0 Å². The zero-order valence-electron chi connectivity index (χ0n) is 22.6. The maximum absolute atomic E-state index is 3.57. The molecule has 0 spiro atoms. The van der Waals surface area contributed by atoms with Crippen molar-refractivity contribution in [1.29, 1.82) is 0 Å². The number of hydrogen-bond acceptors (Lipinski definition) is 2. The summed E-state index contributed by atoms with van der Waals surface area (Å²) in [5.41, 5.74) is 0. The van der Waals surface area contributed by atoms with Gasteiger partial charge in [-0.15, -0.1) is 0 Å². The van der Waals surface area contributed by atoms with Crippen molar-refractivity contribution in [1.82, 2.24) is 10.6 Å². The van der Waals surface area contributed by atoms with Gasteiger partial charge >= 0.3 is 0 Å². The molecule has 2 heteroatoms. The van der Waals surface area contributed by atoms with E-state index in [0.29, 0.717) is 6.04 Å². The Balaban J connectivity index is 3.41. The first-order chi connectivity index (χ1) is 15.7. The molecule has 2 unspecified atom stereocenters. The van der Waals surface area contributed by atoms with Gasteiger partial charge in [-0.2, -0.15) is 0 Å². The topological polar surface area (TPSA) is 24.1 Å². The molecule has 0 bridgehead atoms. The SMILES string of the molecule is CCCCCCCCC=CNCCCCC(C)CCC(C)NC=CCCCCCCCC. The summed E-state index contributed by atoms with van der Waals surface area (Å²) in [6, 6.07) is 0.594. The van der Waals surface area contributed by atoms with Crippen molar-refractivity contribution in [2.75, 3.05) is 6.54 Å². The van der Waals surface area contributed by atoms with Crippen LogP contribution in [0.3, 0.4) is 0 Å². The molecule has 2 nitrogen and oxygen atoms in total. The van der Waals surface area contributed by atoms with Gasteiger partial charge in [-0.05, 0) is 70.2 Å². The first-order valence-corrected chi connectivity index (χ1v) is 14.5. The third kappa shape index (κ3) is 25.3. The molecule has 32 heavy (non-hydrogen) atoms. The van der Waals surface area contributed by atoms with Crippen molar-refractivity contribution >= 4 is 0 Å². The molecule has 0 rings (SSSR count). The minimum Gasteiger partial charge on any atom is -0.391 e. The van der Waals surface area contributed by atoms with E-state index < -0.39 is 0 Å². The van der Waals surface area contributed by atoms with Crippen LogP contribution in [0, 0.1) is 5.92 Å². The Morgan fingerprint density at radius 1 is 0.562 bits per heavy atom. The molecule has 0 saturated heterocycles. The van der Waals surface area contributed by atoms with Gasteiger partial charge in [-0.3, -0.25) is 0 Å². The number of hydrogen-bond donors (Lipinski definition) is 2. The van der Waals surface area contributed by atoms with Crippen molar-refractivity contribution in [2.24, 2.45) is 5.92 Å². The van der Waals surface area contributed by atoms with E-state index in [1.54, 1.807) is 0 Å². The lowest BCUT2D eigenvalue weighted by Crippen LogP contribution is -2.20. The molecule has 0 aliphatic carbocycles. The highest BCUT2D eigenvalue weighted by molar-refractivity contribution is 4.82. The van der Waals surface area contributed by atoms with E-state index in [2.05, 4.69) is 62.9 Å². The average Bonchev–Trinajstić information content (AvgIpc) is 2.79. The molecule has 0 aliphatic heterocycles. The first-order valence-electron chi connectivity index (χ1n) is 14.5. The number of allylic oxidation sites excluding steroid dienone is 2. The zero-order chi connectivity index (χ0) is 23.5.